The van der Waals surface area contributed by atoms with Crippen LogP contribution < -0.4 is 0 Å². The second kappa shape index (κ2) is 5.35. The molecule has 5 rings (SSSR count). The molecule has 4 N–H and O–H groups in total. The highest BCUT2D eigenvalue weighted by molar-refractivity contribution is 6.04. The molecule has 1 saturated heterocycles. The van der Waals surface area contributed by atoms with E-state index in [-0.39, 0.29) is 6.42 Å². The first-order valence-electron chi connectivity index (χ1n) is 10.6. The number of hydrogen-bond acceptors (Lipinski definition) is 8. The zero-order valence-corrected chi connectivity index (χ0v) is 17.9. The maximum Gasteiger partial charge on any atom is 0.303 e. The molecule has 8 heteroatoms. The summed E-state index contributed by atoms with van der Waals surface area (Å²) in [5.41, 5.74) is -6.52. The lowest BCUT2D eigenvalue weighted by Crippen LogP contribution is -2.66. The highest BCUT2D eigenvalue weighted by atomic mass is 16.6. The molecule has 5 aliphatic rings. The van der Waals surface area contributed by atoms with Crippen molar-refractivity contribution >= 4 is 11.8 Å². The van der Waals surface area contributed by atoms with Crippen molar-refractivity contribution in [1.82, 2.24) is 0 Å². The van der Waals surface area contributed by atoms with Crippen LogP contribution in [0.25, 0.3) is 0 Å². The van der Waals surface area contributed by atoms with E-state index in [1.807, 2.05) is 13.8 Å². The summed E-state index contributed by atoms with van der Waals surface area (Å²) in [7, 11) is 0. The van der Waals surface area contributed by atoms with Gasteiger partial charge in [0.15, 0.2) is 5.78 Å². The van der Waals surface area contributed by atoms with Gasteiger partial charge in [0.05, 0.1) is 18.3 Å². The van der Waals surface area contributed by atoms with Gasteiger partial charge < -0.3 is 29.9 Å². The minimum Gasteiger partial charge on any atom is -0.459 e. The molecule has 0 radical (unpaired) electrons. The Hall–Kier alpha value is -1.32. The maximum atomic E-state index is 13.0. The van der Waals surface area contributed by atoms with Gasteiger partial charge in [-0.05, 0) is 12.5 Å². The predicted molar refractivity (Wildman–Crippen MR) is 102 cm³/mol. The van der Waals surface area contributed by atoms with E-state index in [9.17, 15) is 30.0 Å². The van der Waals surface area contributed by atoms with E-state index in [4.69, 9.17) is 9.47 Å². The lowest BCUT2D eigenvalue weighted by atomic mass is 9.58. The number of ether oxygens (including phenoxy) is 2. The van der Waals surface area contributed by atoms with Gasteiger partial charge in [-0.25, -0.2) is 0 Å². The first-order chi connectivity index (χ1) is 13.7. The van der Waals surface area contributed by atoms with Gasteiger partial charge in [0, 0.05) is 42.4 Å². The van der Waals surface area contributed by atoms with Crippen molar-refractivity contribution in [2.75, 3.05) is 6.61 Å². The molecule has 0 amide bonds. The van der Waals surface area contributed by atoms with Crippen molar-refractivity contribution in [2.45, 2.75) is 75.7 Å². The molecule has 0 aromatic heterocycles. The van der Waals surface area contributed by atoms with Crippen LogP contribution in [0.15, 0.2) is 11.6 Å². The second-order valence-electron chi connectivity index (χ2n) is 10.8. The van der Waals surface area contributed by atoms with Crippen LogP contribution >= 0.6 is 0 Å². The van der Waals surface area contributed by atoms with Crippen molar-refractivity contribution < 1.29 is 39.5 Å². The molecule has 0 aromatic carbocycles. The normalized spacial score (nSPS) is 57.2. The number of ketones is 1. The number of esters is 1. The Labute approximate surface area is 174 Å². The fourth-order valence-electron chi connectivity index (χ4n) is 7.61. The summed E-state index contributed by atoms with van der Waals surface area (Å²) in [6.07, 6.45) is -0.159. The highest BCUT2D eigenvalue weighted by Gasteiger charge is 2.90. The summed E-state index contributed by atoms with van der Waals surface area (Å²) in [5.74, 6) is -3.97. The number of carbonyl (C=O) groups is 2. The quantitative estimate of drug-likeness (QED) is 0.352. The van der Waals surface area contributed by atoms with E-state index < -0.39 is 82.1 Å². The predicted octanol–water partition coefficient (Wildman–Crippen LogP) is -0.288. The third-order valence-corrected chi connectivity index (χ3v) is 9.17. The standard InChI is InChI=1S/C22H30O8/c1-9-6-12-20(26,15(9)25)7-19(8-23)17(30-19)13-14-18(4,5)22(14,28)16(29-11(3)24)10(2)21(12,13)27/h6,10,12-14,16-17,23,26-28H,7-8H2,1-5H3/t10-,12-,13-,14-,16-,17-,19-,20-,21+,22-/m1/s1. The van der Waals surface area contributed by atoms with Gasteiger partial charge in [0.2, 0.25) is 0 Å². The summed E-state index contributed by atoms with van der Waals surface area (Å²) in [5, 5.41) is 45.7. The summed E-state index contributed by atoms with van der Waals surface area (Å²) >= 11 is 0. The smallest absolute Gasteiger partial charge is 0.303 e. The van der Waals surface area contributed by atoms with Gasteiger partial charge in [-0.15, -0.1) is 0 Å². The molecular weight excluding hydrogens is 392 g/mol. The minimum absolute atomic E-state index is 0.131. The van der Waals surface area contributed by atoms with Gasteiger partial charge in [0.1, 0.15) is 22.9 Å². The van der Waals surface area contributed by atoms with Crippen LogP contribution in [0.1, 0.15) is 41.0 Å². The van der Waals surface area contributed by atoms with Crippen LogP contribution in [-0.2, 0) is 19.1 Å². The molecule has 4 aliphatic carbocycles. The molecule has 166 valence electrons. The largest absolute Gasteiger partial charge is 0.459 e. The number of aliphatic hydroxyl groups is 4. The van der Waals surface area contributed by atoms with Gasteiger partial charge in [-0.2, -0.15) is 0 Å². The molecule has 1 aliphatic heterocycles. The number of epoxide rings is 1. The molecule has 1 heterocycles. The average Bonchev–Trinajstić information content (AvgIpc) is 3.45. The van der Waals surface area contributed by atoms with Gasteiger partial charge in [0.25, 0.3) is 0 Å². The van der Waals surface area contributed by atoms with E-state index in [0.29, 0.717) is 5.57 Å². The van der Waals surface area contributed by atoms with E-state index in [2.05, 4.69) is 0 Å². The first-order valence-corrected chi connectivity index (χ1v) is 10.6. The molecule has 8 nitrogen and oxygen atoms in total. The van der Waals surface area contributed by atoms with Gasteiger partial charge >= 0.3 is 5.97 Å². The molecule has 30 heavy (non-hydrogen) atoms. The molecule has 3 saturated carbocycles. The third-order valence-electron chi connectivity index (χ3n) is 9.17. The molecule has 0 spiro atoms. The van der Waals surface area contributed by atoms with Crippen LogP contribution in [0.2, 0.25) is 0 Å². The van der Waals surface area contributed by atoms with Crippen LogP contribution in [0.5, 0.6) is 0 Å². The van der Waals surface area contributed by atoms with E-state index in [0.717, 1.165) is 0 Å². The number of fused-ring (bicyclic) bond motifs is 7. The number of carbonyl (C=O) groups excluding carboxylic acids is 2. The molecule has 10 atom stereocenters. The van der Waals surface area contributed by atoms with Crippen molar-refractivity contribution in [2.24, 2.45) is 29.1 Å². The Morgan fingerprint density at radius 1 is 1.30 bits per heavy atom. The Morgan fingerprint density at radius 2 is 1.93 bits per heavy atom. The third kappa shape index (κ3) is 1.92. The zero-order valence-electron chi connectivity index (χ0n) is 17.9. The number of Topliss-reactive ketones (excluding diaryl/α,β-unsaturated/α-hetero) is 1. The summed E-state index contributed by atoms with van der Waals surface area (Å²) in [6, 6.07) is 0. The van der Waals surface area contributed by atoms with E-state index >= 15 is 0 Å². The minimum atomic E-state index is -1.94. The summed E-state index contributed by atoms with van der Waals surface area (Å²) in [4.78, 5) is 24.9. The molecule has 0 aromatic rings. The first kappa shape index (κ1) is 20.6. The molecule has 0 bridgehead atoms. The van der Waals surface area contributed by atoms with Crippen molar-refractivity contribution in [3.8, 4) is 0 Å². The number of rotatable bonds is 2. The van der Waals surface area contributed by atoms with Crippen LogP contribution in [0.3, 0.4) is 0 Å². The number of aliphatic hydroxyl groups excluding tert-OH is 1. The fourth-order valence-corrected chi connectivity index (χ4v) is 7.61. The Balaban J connectivity index is 1.73. The van der Waals surface area contributed by atoms with Gasteiger partial charge in [-0.3, -0.25) is 9.59 Å². The maximum absolute atomic E-state index is 13.0. The van der Waals surface area contributed by atoms with Crippen LogP contribution in [-0.4, -0.2) is 73.4 Å². The Bertz CT molecular complexity index is 896. The molecule has 4 fully saturated rings. The monoisotopic (exact) mass is 422 g/mol. The molecular formula is C22H30O8. The highest BCUT2D eigenvalue weighted by Crippen LogP contribution is 2.78. The van der Waals surface area contributed by atoms with Crippen LogP contribution in [0.4, 0.5) is 0 Å². The SMILES string of the molecule is CC(=O)O[C@@H]1[C@@H](C)[C@@]2(O)[C@@H]([C@H]3O[C@@]3(CO)C[C@]3(O)C(=O)C(C)=C[C@@H]23)[C@@H]2C(C)(C)[C@]12O. The topological polar surface area (TPSA) is 137 Å². The Morgan fingerprint density at radius 3 is 2.50 bits per heavy atom. The van der Waals surface area contributed by atoms with Gasteiger partial charge in [-0.1, -0.05) is 26.8 Å². The van der Waals surface area contributed by atoms with Crippen LogP contribution in [0, 0.1) is 29.1 Å². The summed E-state index contributed by atoms with van der Waals surface area (Å²) < 4.78 is 11.5. The Kier molecular flexibility index (Phi) is 3.67. The van der Waals surface area contributed by atoms with E-state index in [1.165, 1.54) is 6.92 Å². The number of hydrogen-bond donors (Lipinski definition) is 4. The second-order valence-corrected chi connectivity index (χ2v) is 10.8. The summed E-state index contributed by atoms with van der Waals surface area (Å²) in [6.45, 7) is 7.84. The lowest BCUT2D eigenvalue weighted by molar-refractivity contribution is -0.231. The lowest BCUT2D eigenvalue weighted by Gasteiger charge is -2.53. The van der Waals surface area contributed by atoms with Crippen molar-refractivity contribution in [3.63, 3.8) is 0 Å². The fraction of sp³-hybridized carbons (Fsp3) is 0.818. The van der Waals surface area contributed by atoms with Crippen molar-refractivity contribution in [3.05, 3.63) is 11.6 Å². The average molecular weight is 422 g/mol. The van der Waals surface area contributed by atoms with Crippen molar-refractivity contribution in [1.29, 1.82) is 0 Å². The van der Waals surface area contributed by atoms with E-state index in [1.54, 1.807) is 19.9 Å². The zero-order chi connectivity index (χ0) is 22.2. The molecule has 0 unspecified atom stereocenters.